The second-order valence-corrected chi connectivity index (χ2v) is 7.58. The van der Waals surface area contributed by atoms with Crippen molar-refractivity contribution in [2.24, 2.45) is 0 Å². The molecule has 0 bridgehead atoms. The highest BCUT2D eigenvalue weighted by molar-refractivity contribution is 5.93. The van der Waals surface area contributed by atoms with E-state index in [-0.39, 0.29) is 30.4 Å². The zero-order valence-electron chi connectivity index (χ0n) is 17.9. The van der Waals surface area contributed by atoms with Gasteiger partial charge in [-0.2, -0.15) is 0 Å². The summed E-state index contributed by atoms with van der Waals surface area (Å²) in [5, 5.41) is 20.9. The molecular weight excluding hydrogens is 386 g/mol. The van der Waals surface area contributed by atoms with Crippen LogP contribution in [0.3, 0.4) is 0 Å². The summed E-state index contributed by atoms with van der Waals surface area (Å²) in [6, 6.07) is 7.16. The summed E-state index contributed by atoms with van der Waals surface area (Å²) in [7, 11) is 0. The van der Waals surface area contributed by atoms with Gasteiger partial charge in [-0.05, 0) is 44.5 Å². The largest absolute Gasteiger partial charge is 0.491 e. The molecule has 2 N–H and O–H groups in total. The molecule has 2 aromatic rings. The van der Waals surface area contributed by atoms with Gasteiger partial charge in [0.05, 0.1) is 43.3 Å². The van der Waals surface area contributed by atoms with Crippen molar-refractivity contribution < 1.29 is 19.4 Å². The SMILES string of the molecule is CCc1c(C(=O)N[C@@H](CO)CN2CCOCC2)nnn1-c1ccc(OC(C)C)cc1. The molecule has 0 spiro atoms. The molecule has 0 saturated carbocycles. The fraction of sp³-hybridized carbons (Fsp3) is 0.571. The van der Waals surface area contributed by atoms with E-state index < -0.39 is 0 Å². The highest BCUT2D eigenvalue weighted by Crippen LogP contribution is 2.19. The number of rotatable bonds is 9. The standard InChI is InChI=1S/C21H31N5O4/c1-4-19-20(21(28)22-16(14-27)13-25-9-11-29-12-10-25)23-24-26(19)17-5-7-18(8-6-17)30-15(2)3/h5-8,15-16,27H,4,9-14H2,1-3H3,(H,22,28)/t16-/m1/s1. The molecule has 0 radical (unpaired) electrons. The van der Waals surface area contributed by atoms with E-state index in [1.807, 2.05) is 45.0 Å². The number of nitrogens with zero attached hydrogens (tertiary/aromatic N) is 4. The van der Waals surface area contributed by atoms with E-state index in [0.29, 0.717) is 31.9 Å². The minimum Gasteiger partial charge on any atom is -0.491 e. The Balaban J connectivity index is 1.71. The first-order chi connectivity index (χ1) is 14.5. The van der Waals surface area contributed by atoms with Crippen LogP contribution in [0.5, 0.6) is 5.75 Å². The predicted molar refractivity (Wildman–Crippen MR) is 112 cm³/mol. The van der Waals surface area contributed by atoms with E-state index in [1.54, 1.807) is 4.68 Å². The van der Waals surface area contributed by atoms with E-state index in [2.05, 4.69) is 20.5 Å². The molecule has 9 nitrogen and oxygen atoms in total. The Kier molecular flexibility index (Phi) is 7.78. The zero-order chi connectivity index (χ0) is 21.5. The Bertz CT molecular complexity index is 815. The highest BCUT2D eigenvalue weighted by Gasteiger charge is 2.23. The maximum Gasteiger partial charge on any atom is 0.274 e. The lowest BCUT2D eigenvalue weighted by atomic mass is 10.2. The third-order valence-corrected chi connectivity index (χ3v) is 4.90. The Hall–Kier alpha value is -2.49. The highest BCUT2D eigenvalue weighted by atomic mass is 16.5. The van der Waals surface area contributed by atoms with Gasteiger partial charge < -0.3 is 19.9 Å². The van der Waals surface area contributed by atoms with Crippen molar-refractivity contribution in [2.75, 3.05) is 39.5 Å². The number of amides is 1. The molecular formula is C21H31N5O4. The molecule has 0 unspecified atom stereocenters. The first-order valence-electron chi connectivity index (χ1n) is 10.4. The second kappa shape index (κ2) is 10.5. The van der Waals surface area contributed by atoms with Crippen LogP contribution in [-0.2, 0) is 11.2 Å². The summed E-state index contributed by atoms with van der Waals surface area (Å²) in [5.41, 5.74) is 1.80. The second-order valence-electron chi connectivity index (χ2n) is 7.58. The number of aliphatic hydroxyl groups is 1. The predicted octanol–water partition coefficient (Wildman–Crippen LogP) is 1.04. The van der Waals surface area contributed by atoms with Gasteiger partial charge in [0.15, 0.2) is 5.69 Å². The molecule has 0 aliphatic carbocycles. The number of ether oxygens (including phenoxy) is 2. The van der Waals surface area contributed by atoms with E-state index in [9.17, 15) is 9.90 Å². The summed E-state index contributed by atoms with van der Waals surface area (Å²) >= 11 is 0. The van der Waals surface area contributed by atoms with Gasteiger partial charge in [0.1, 0.15) is 5.75 Å². The van der Waals surface area contributed by atoms with Crippen molar-refractivity contribution in [3.05, 3.63) is 35.7 Å². The maximum atomic E-state index is 12.9. The molecule has 1 amide bonds. The monoisotopic (exact) mass is 417 g/mol. The lowest BCUT2D eigenvalue weighted by molar-refractivity contribution is 0.0296. The summed E-state index contributed by atoms with van der Waals surface area (Å²) in [5.74, 6) is 0.448. The van der Waals surface area contributed by atoms with Crippen molar-refractivity contribution >= 4 is 5.91 Å². The molecule has 1 fully saturated rings. The van der Waals surface area contributed by atoms with E-state index in [0.717, 1.165) is 24.5 Å². The van der Waals surface area contributed by atoms with Gasteiger partial charge in [0.2, 0.25) is 0 Å². The molecule has 3 rings (SSSR count). The minimum atomic E-state index is -0.377. The van der Waals surface area contributed by atoms with Gasteiger partial charge in [-0.3, -0.25) is 9.69 Å². The fourth-order valence-electron chi connectivity index (χ4n) is 3.44. The van der Waals surface area contributed by atoms with Gasteiger partial charge in [-0.25, -0.2) is 4.68 Å². The molecule has 9 heteroatoms. The Morgan fingerprint density at radius 1 is 1.27 bits per heavy atom. The van der Waals surface area contributed by atoms with Crippen molar-refractivity contribution in [2.45, 2.75) is 39.3 Å². The number of hydrogen-bond donors (Lipinski definition) is 2. The Labute approximate surface area is 177 Å². The van der Waals surface area contributed by atoms with Crippen molar-refractivity contribution in [1.29, 1.82) is 0 Å². The van der Waals surface area contributed by atoms with Crippen LogP contribution >= 0.6 is 0 Å². The number of nitrogens with one attached hydrogen (secondary N) is 1. The number of hydrogen-bond acceptors (Lipinski definition) is 7. The number of aromatic nitrogens is 3. The summed E-state index contributed by atoms with van der Waals surface area (Å²) in [6.07, 6.45) is 0.688. The number of benzene rings is 1. The first-order valence-corrected chi connectivity index (χ1v) is 10.4. The smallest absolute Gasteiger partial charge is 0.274 e. The summed E-state index contributed by atoms with van der Waals surface area (Å²) in [4.78, 5) is 15.0. The van der Waals surface area contributed by atoms with Gasteiger partial charge >= 0.3 is 0 Å². The fourth-order valence-corrected chi connectivity index (χ4v) is 3.44. The van der Waals surface area contributed by atoms with Crippen LogP contribution in [0.15, 0.2) is 24.3 Å². The summed E-state index contributed by atoms with van der Waals surface area (Å²) in [6.45, 7) is 9.25. The van der Waals surface area contributed by atoms with Crippen LogP contribution in [0.1, 0.15) is 37.0 Å². The molecule has 1 aliphatic rings. The van der Waals surface area contributed by atoms with Gasteiger partial charge in [-0.15, -0.1) is 5.10 Å². The minimum absolute atomic E-state index is 0.0978. The number of aliphatic hydroxyl groups excluding tert-OH is 1. The van der Waals surface area contributed by atoms with Crippen LogP contribution in [-0.4, -0.2) is 82.5 Å². The molecule has 1 atom stereocenters. The number of morpholine rings is 1. The third kappa shape index (κ3) is 5.56. The van der Waals surface area contributed by atoms with E-state index >= 15 is 0 Å². The quantitative estimate of drug-likeness (QED) is 0.629. The molecule has 1 aliphatic heterocycles. The van der Waals surface area contributed by atoms with Crippen LogP contribution in [0.2, 0.25) is 0 Å². The topological polar surface area (TPSA) is 102 Å². The van der Waals surface area contributed by atoms with Crippen LogP contribution in [0.25, 0.3) is 5.69 Å². The average Bonchev–Trinajstić information content (AvgIpc) is 3.18. The summed E-state index contributed by atoms with van der Waals surface area (Å²) < 4.78 is 12.7. The van der Waals surface area contributed by atoms with Gasteiger partial charge in [0, 0.05) is 19.6 Å². The Morgan fingerprint density at radius 3 is 2.57 bits per heavy atom. The van der Waals surface area contributed by atoms with Gasteiger partial charge in [-0.1, -0.05) is 12.1 Å². The van der Waals surface area contributed by atoms with Crippen LogP contribution < -0.4 is 10.1 Å². The van der Waals surface area contributed by atoms with E-state index in [1.165, 1.54) is 0 Å². The molecule has 2 heterocycles. The zero-order valence-corrected chi connectivity index (χ0v) is 17.9. The maximum absolute atomic E-state index is 12.9. The van der Waals surface area contributed by atoms with Crippen LogP contribution in [0, 0.1) is 0 Å². The van der Waals surface area contributed by atoms with E-state index in [4.69, 9.17) is 9.47 Å². The van der Waals surface area contributed by atoms with Crippen molar-refractivity contribution in [3.8, 4) is 11.4 Å². The molecule has 1 aromatic heterocycles. The van der Waals surface area contributed by atoms with Crippen LogP contribution in [0.4, 0.5) is 0 Å². The molecule has 1 aromatic carbocycles. The Morgan fingerprint density at radius 2 is 1.97 bits per heavy atom. The van der Waals surface area contributed by atoms with Crippen molar-refractivity contribution in [1.82, 2.24) is 25.2 Å². The lowest BCUT2D eigenvalue weighted by Crippen LogP contribution is -2.49. The lowest BCUT2D eigenvalue weighted by Gasteiger charge is -2.30. The molecule has 1 saturated heterocycles. The van der Waals surface area contributed by atoms with Crippen molar-refractivity contribution in [3.63, 3.8) is 0 Å². The number of carbonyl (C=O) groups is 1. The number of carbonyl (C=O) groups excluding carboxylic acids is 1. The molecule has 164 valence electrons. The average molecular weight is 418 g/mol. The third-order valence-electron chi connectivity index (χ3n) is 4.90. The van der Waals surface area contributed by atoms with Gasteiger partial charge in [0.25, 0.3) is 5.91 Å². The first kappa shape index (κ1) is 22.2. The normalized spacial score (nSPS) is 15.9. The molecule has 30 heavy (non-hydrogen) atoms.